The van der Waals surface area contributed by atoms with Crippen molar-refractivity contribution in [2.24, 2.45) is 5.73 Å². The van der Waals surface area contributed by atoms with Crippen LogP contribution in [0.1, 0.15) is 18.1 Å². The number of hydrogen-bond donors (Lipinski definition) is 2. The van der Waals surface area contributed by atoms with Crippen LogP contribution >= 0.6 is 0 Å². The lowest BCUT2D eigenvalue weighted by Crippen LogP contribution is -3.12. The van der Waals surface area contributed by atoms with Crippen molar-refractivity contribution in [2.75, 3.05) is 14.2 Å². The normalized spacial score (nSPS) is 13.1. The maximum atomic E-state index is 11.3. The monoisotopic (exact) mass is 329 g/mol. The summed E-state index contributed by atoms with van der Waals surface area (Å²) in [5, 5.41) is 0. The molecule has 0 saturated carbocycles. The summed E-state index contributed by atoms with van der Waals surface area (Å²) in [7, 11) is 3.57. The number of rotatable bonds is 8. The van der Waals surface area contributed by atoms with Gasteiger partial charge in [-0.25, -0.2) is 0 Å². The predicted molar refractivity (Wildman–Crippen MR) is 93.0 cm³/mol. The van der Waals surface area contributed by atoms with E-state index in [1.165, 1.54) is 0 Å². The second-order valence-corrected chi connectivity index (χ2v) is 5.91. The third-order valence-electron chi connectivity index (χ3n) is 4.11. The molecule has 0 aliphatic heterocycles. The Morgan fingerprint density at radius 1 is 1.12 bits per heavy atom. The van der Waals surface area contributed by atoms with Gasteiger partial charge in [0.15, 0.2) is 17.5 Å². The fraction of sp³-hybridized carbons (Fsp3) is 0.316. The van der Waals surface area contributed by atoms with Crippen LogP contribution in [0, 0.1) is 0 Å². The van der Waals surface area contributed by atoms with Crippen LogP contribution in [0.3, 0.4) is 0 Å². The standard InChI is InChI=1S/C19H24N2O3/c1-14(19(20)22)21(2)12-16-9-10-17(18(11-16)23-3)24-13-15-7-5-4-6-8-15/h4-11,14H,12-13H2,1-3H3,(H2,20,22)/p+1/t14-/m1/s1. The lowest BCUT2D eigenvalue weighted by molar-refractivity contribution is -0.908. The molecule has 0 radical (unpaired) electrons. The average molecular weight is 329 g/mol. The summed E-state index contributed by atoms with van der Waals surface area (Å²) in [5.41, 5.74) is 7.52. The van der Waals surface area contributed by atoms with Gasteiger partial charge in [-0.2, -0.15) is 0 Å². The van der Waals surface area contributed by atoms with Crippen molar-refractivity contribution < 1.29 is 19.2 Å². The van der Waals surface area contributed by atoms with Gasteiger partial charge in [0.2, 0.25) is 0 Å². The molecule has 0 aromatic heterocycles. The molecule has 0 spiro atoms. The highest BCUT2D eigenvalue weighted by atomic mass is 16.5. The molecule has 0 heterocycles. The summed E-state index contributed by atoms with van der Waals surface area (Å²) in [5.74, 6) is 1.08. The molecule has 0 bridgehead atoms. The molecule has 0 aliphatic rings. The molecule has 1 amide bonds. The van der Waals surface area contributed by atoms with Crippen LogP contribution in [0.4, 0.5) is 0 Å². The molecule has 5 nitrogen and oxygen atoms in total. The topological polar surface area (TPSA) is 66.0 Å². The quantitative estimate of drug-likeness (QED) is 0.764. The first kappa shape index (κ1) is 17.8. The van der Waals surface area contributed by atoms with Crippen molar-refractivity contribution >= 4 is 5.91 Å². The summed E-state index contributed by atoms with van der Waals surface area (Å²) in [4.78, 5) is 12.3. The van der Waals surface area contributed by atoms with Crippen LogP contribution in [-0.2, 0) is 17.9 Å². The first-order chi connectivity index (χ1) is 11.5. The molecule has 0 fully saturated rings. The Hall–Kier alpha value is -2.53. The number of carbonyl (C=O) groups excluding carboxylic acids is 1. The Morgan fingerprint density at radius 3 is 2.46 bits per heavy atom. The summed E-state index contributed by atoms with van der Waals surface area (Å²) in [6, 6.07) is 15.6. The molecule has 0 aliphatic carbocycles. The van der Waals surface area contributed by atoms with E-state index >= 15 is 0 Å². The lowest BCUT2D eigenvalue weighted by atomic mass is 10.1. The van der Waals surface area contributed by atoms with Crippen LogP contribution in [-0.4, -0.2) is 26.1 Å². The van der Waals surface area contributed by atoms with E-state index in [0.717, 1.165) is 16.0 Å². The first-order valence-corrected chi connectivity index (χ1v) is 7.96. The molecule has 1 unspecified atom stereocenters. The number of quaternary nitrogens is 1. The smallest absolute Gasteiger partial charge is 0.275 e. The summed E-state index contributed by atoms with van der Waals surface area (Å²) < 4.78 is 11.3. The summed E-state index contributed by atoms with van der Waals surface area (Å²) >= 11 is 0. The highest BCUT2D eigenvalue weighted by Crippen LogP contribution is 2.28. The van der Waals surface area contributed by atoms with Crippen molar-refractivity contribution in [1.29, 1.82) is 0 Å². The Morgan fingerprint density at radius 2 is 1.83 bits per heavy atom. The largest absolute Gasteiger partial charge is 0.493 e. The van der Waals surface area contributed by atoms with E-state index in [2.05, 4.69) is 0 Å². The minimum atomic E-state index is -0.303. The van der Waals surface area contributed by atoms with Crippen molar-refractivity contribution in [3.63, 3.8) is 0 Å². The number of amides is 1. The highest BCUT2D eigenvalue weighted by molar-refractivity contribution is 5.77. The summed E-state index contributed by atoms with van der Waals surface area (Å²) in [6.45, 7) is 2.99. The van der Waals surface area contributed by atoms with Crippen molar-refractivity contribution in [2.45, 2.75) is 26.1 Å². The van der Waals surface area contributed by atoms with Crippen molar-refractivity contribution in [3.8, 4) is 11.5 Å². The van der Waals surface area contributed by atoms with Gasteiger partial charge in [-0.3, -0.25) is 4.79 Å². The Kier molecular flexibility index (Phi) is 6.21. The minimum absolute atomic E-state index is 0.245. The number of methoxy groups -OCH3 is 1. The van der Waals surface area contributed by atoms with E-state index in [-0.39, 0.29) is 11.9 Å². The second kappa shape index (κ2) is 8.36. The van der Waals surface area contributed by atoms with Gasteiger partial charge in [0.25, 0.3) is 5.91 Å². The Balaban J connectivity index is 2.05. The number of primary amides is 1. The van der Waals surface area contributed by atoms with Crippen molar-refractivity contribution in [3.05, 3.63) is 59.7 Å². The Bertz CT molecular complexity index is 674. The van der Waals surface area contributed by atoms with E-state index < -0.39 is 0 Å². The molecule has 2 atom stereocenters. The Labute approximate surface area is 143 Å². The molecule has 2 aromatic rings. The molecular formula is C19H25N2O3+. The number of hydrogen-bond acceptors (Lipinski definition) is 3. The lowest BCUT2D eigenvalue weighted by Gasteiger charge is -2.19. The van der Waals surface area contributed by atoms with Gasteiger partial charge in [-0.15, -0.1) is 0 Å². The molecule has 128 valence electrons. The molecule has 24 heavy (non-hydrogen) atoms. The predicted octanol–water partition coefficient (Wildman–Crippen LogP) is 1.16. The molecule has 3 N–H and O–H groups in total. The van der Waals surface area contributed by atoms with Gasteiger partial charge in [0.05, 0.1) is 14.2 Å². The SMILES string of the molecule is COc1cc(C[NH+](C)[C@H](C)C(N)=O)ccc1OCc1ccccc1. The van der Waals surface area contributed by atoms with Crippen LogP contribution in [0.15, 0.2) is 48.5 Å². The van der Waals surface area contributed by atoms with Gasteiger partial charge >= 0.3 is 0 Å². The number of nitrogens with one attached hydrogen (secondary N) is 1. The van der Waals surface area contributed by atoms with Gasteiger partial charge in [0.1, 0.15) is 13.2 Å². The van der Waals surface area contributed by atoms with Crippen LogP contribution in [0.2, 0.25) is 0 Å². The third-order valence-corrected chi connectivity index (χ3v) is 4.11. The average Bonchev–Trinajstić information content (AvgIpc) is 2.60. The van der Waals surface area contributed by atoms with Gasteiger partial charge in [0, 0.05) is 5.56 Å². The van der Waals surface area contributed by atoms with E-state index in [9.17, 15) is 4.79 Å². The second-order valence-electron chi connectivity index (χ2n) is 5.91. The van der Waals surface area contributed by atoms with E-state index in [1.807, 2.05) is 62.5 Å². The fourth-order valence-electron chi connectivity index (χ4n) is 2.39. The number of nitrogens with two attached hydrogens (primary N) is 1. The first-order valence-electron chi connectivity index (χ1n) is 7.96. The number of carbonyl (C=O) groups is 1. The van der Waals surface area contributed by atoms with Crippen LogP contribution in [0.5, 0.6) is 11.5 Å². The van der Waals surface area contributed by atoms with E-state index in [0.29, 0.717) is 24.7 Å². The zero-order valence-corrected chi connectivity index (χ0v) is 14.4. The molecule has 2 aromatic carbocycles. The minimum Gasteiger partial charge on any atom is -0.493 e. The zero-order chi connectivity index (χ0) is 17.5. The fourth-order valence-corrected chi connectivity index (χ4v) is 2.39. The molecule has 5 heteroatoms. The van der Waals surface area contributed by atoms with Gasteiger partial charge in [-0.1, -0.05) is 30.3 Å². The molecule has 2 rings (SSSR count). The number of benzene rings is 2. The van der Waals surface area contributed by atoms with Crippen LogP contribution in [0.25, 0.3) is 0 Å². The van der Waals surface area contributed by atoms with Crippen LogP contribution < -0.4 is 20.1 Å². The van der Waals surface area contributed by atoms with Gasteiger partial charge in [-0.05, 0) is 30.7 Å². The summed E-state index contributed by atoms with van der Waals surface area (Å²) in [6.07, 6.45) is 0. The number of likely N-dealkylation sites (N-methyl/N-ethyl adjacent to an activating group) is 1. The number of ether oxygens (including phenoxy) is 2. The highest BCUT2D eigenvalue weighted by Gasteiger charge is 2.19. The maximum Gasteiger partial charge on any atom is 0.275 e. The van der Waals surface area contributed by atoms with E-state index in [1.54, 1.807) is 7.11 Å². The molecule has 0 saturated heterocycles. The van der Waals surface area contributed by atoms with E-state index in [4.69, 9.17) is 15.2 Å². The third kappa shape index (κ3) is 4.73. The zero-order valence-electron chi connectivity index (χ0n) is 14.4. The van der Waals surface area contributed by atoms with Gasteiger partial charge < -0.3 is 20.1 Å². The maximum absolute atomic E-state index is 11.3. The molecular weight excluding hydrogens is 304 g/mol. The van der Waals surface area contributed by atoms with Crippen molar-refractivity contribution in [1.82, 2.24) is 0 Å².